The highest BCUT2D eigenvalue weighted by molar-refractivity contribution is 7.92. The molecule has 7 nitrogen and oxygen atoms in total. The molecule has 34 heavy (non-hydrogen) atoms. The molecule has 0 saturated heterocycles. The molecule has 2 aromatic rings. The van der Waals surface area contributed by atoms with Gasteiger partial charge in [-0.15, -0.1) is 0 Å². The second-order valence-corrected chi connectivity index (χ2v) is 11.4. The zero-order chi connectivity index (χ0) is 25.6. The zero-order valence-electron chi connectivity index (χ0n) is 20.0. The van der Waals surface area contributed by atoms with Crippen molar-refractivity contribution in [1.29, 1.82) is 0 Å². The lowest BCUT2D eigenvalue weighted by Crippen LogP contribution is -2.51. The van der Waals surface area contributed by atoms with Crippen molar-refractivity contribution < 1.29 is 18.0 Å². The van der Waals surface area contributed by atoms with Crippen LogP contribution in [0, 0.1) is 12.8 Å². The van der Waals surface area contributed by atoms with Crippen LogP contribution in [-0.2, 0) is 26.2 Å². The maximum Gasteiger partial charge on any atom is 0.244 e. The number of carbonyl (C=O) groups is 2. The van der Waals surface area contributed by atoms with E-state index in [9.17, 15) is 18.0 Å². The number of rotatable bonds is 10. The van der Waals surface area contributed by atoms with E-state index in [1.807, 2.05) is 13.8 Å². The third-order valence-electron chi connectivity index (χ3n) is 5.20. The summed E-state index contributed by atoms with van der Waals surface area (Å²) >= 11 is 12.1. The van der Waals surface area contributed by atoms with Gasteiger partial charge in [-0.25, -0.2) is 8.42 Å². The second-order valence-electron chi connectivity index (χ2n) is 8.67. The minimum atomic E-state index is -3.81. The minimum Gasteiger partial charge on any atom is -0.354 e. The van der Waals surface area contributed by atoms with E-state index in [4.69, 9.17) is 23.2 Å². The SMILES string of the molecule is Cc1cc(Cl)ccc1N(CC(=O)N(Cc1cccc(Cl)c1)C(C)C(=O)NCC(C)C)S(C)(=O)=O. The van der Waals surface area contributed by atoms with Gasteiger partial charge in [-0.05, 0) is 61.2 Å². The summed E-state index contributed by atoms with van der Waals surface area (Å²) in [7, 11) is -3.81. The average Bonchev–Trinajstić information content (AvgIpc) is 2.73. The fourth-order valence-electron chi connectivity index (χ4n) is 3.36. The molecule has 0 spiro atoms. The Balaban J connectivity index is 2.40. The molecule has 2 rings (SSSR count). The number of hydrogen-bond acceptors (Lipinski definition) is 4. The highest BCUT2D eigenvalue weighted by Gasteiger charge is 2.30. The highest BCUT2D eigenvalue weighted by Crippen LogP contribution is 2.26. The first-order valence-electron chi connectivity index (χ1n) is 10.8. The Morgan fingerprint density at radius 1 is 1.03 bits per heavy atom. The lowest BCUT2D eigenvalue weighted by molar-refractivity contribution is -0.139. The molecule has 2 amide bonds. The molecule has 0 aromatic heterocycles. The van der Waals surface area contributed by atoms with E-state index in [1.165, 1.54) is 4.90 Å². The monoisotopic (exact) mass is 527 g/mol. The summed E-state index contributed by atoms with van der Waals surface area (Å²) in [4.78, 5) is 27.7. The Morgan fingerprint density at radius 3 is 2.24 bits per heavy atom. The molecule has 1 unspecified atom stereocenters. The Labute approximate surface area is 212 Å². The number of sulfonamides is 1. The Hall–Kier alpha value is -2.29. The molecule has 10 heteroatoms. The summed E-state index contributed by atoms with van der Waals surface area (Å²) in [6, 6.07) is 10.9. The van der Waals surface area contributed by atoms with Crippen molar-refractivity contribution >= 4 is 50.7 Å². The fraction of sp³-hybridized carbons (Fsp3) is 0.417. The van der Waals surface area contributed by atoms with Gasteiger partial charge in [0.1, 0.15) is 12.6 Å². The highest BCUT2D eigenvalue weighted by atomic mass is 35.5. The molecule has 2 aromatic carbocycles. The van der Waals surface area contributed by atoms with Crippen LogP contribution in [-0.4, -0.2) is 50.5 Å². The van der Waals surface area contributed by atoms with Crippen molar-refractivity contribution in [3.8, 4) is 0 Å². The number of anilines is 1. The van der Waals surface area contributed by atoms with E-state index >= 15 is 0 Å². The second kappa shape index (κ2) is 11.9. The van der Waals surface area contributed by atoms with Gasteiger partial charge in [-0.1, -0.05) is 49.2 Å². The van der Waals surface area contributed by atoms with E-state index in [2.05, 4.69) is 5.32 Å². The van der Waals surface area contributed by atoms with Crippen LogP contribution < -0.4 is 9.62 Å². The molecular formula is C24H31Cl2N3O4S. The van der Waals surface area contributed by atoms with Gasteiger partial charge in [0.25, 0.3) is 0 Å². The number of halogens is 2. The van der Waals surface area contributed by atoms with Crippen LogP contribution in [0.4, 0.5) is 5.69 Å². The van der Waals surface area contributed by atoms with Crippen molar-refractivity contribution in [2.75, 3.05) is 23.7 Å². The molecule has 186 valence electrons. The van der Waals surface area contributed by atoms with Crippen molar-refractivity contribution in [2.45, 2.75) is 40.3 Å². The molecule has 0 aliphatic heterocycles. The van der Waals surface area contributed by atoms with Crippen LogP contribution in [0.5, 0.6) is 0 Å². The van der Waals surface area contributed by atoms with E-state index in [1.54, 1.807) is 56.3 Å². The van der Waals surface area contributed by atoms with E-state index < -0.39 is 28.5 Å². The molecule has 1 N–H and O–H groups in total. The maximum atomic E-state index is 13.5. The van der Waals surface area contributed by atoms with E-state index in [0.717, 1.165) is 16.1 Å². The third kappa shape index (κ3) is 7.89. The third-order valence-corrected chi connectivity index (χ3v) is 6.80. The lowest BCUT2D eigenvalue weighted by Gasteiger charge is -2.32. The van der Waals surface area contributed by atoms with Gasteiger partial charge in [-0.3, -0.25) is 13.9 Å². The molecule has 0 radical (unpaired) electrons. The standard InChI is InChI=1S/C24H31Cl2N3O4S/c1-16(2)13-27-24(31)18(4)28(14-19-7-6-8-20(25)12-19)23(30)15-29(34(5,32)33)22-10-9-21(26)11-17(22)3/h6-12,16,18H,13-15H2,1-5H3,(H,27,31). The van der Waals surface area contributed by atoms with Gasteiger partial charge >= 0.3 is 0 Å². The first-order valence-corrected chi connectivity index (χ1v) is 13.5. The smallest absolute Gasteiger partial charge is 0.244 e. The summed E-state index contributed by atoms with van der Waals surface area (Å²) in [6.45, 7) is 7.36. The molecule has 0 saturated carbocycles. The predicted molar refractivity (Wildman–Crippen MR) is 138 cm³/mol. The number of aryl methyl sites for hydroxylation is 1. The molecule has 0 fully saturated rings. The van der Waals surface area contributed by atoms with Crippen molar-refractivity contribution in [3.05, 3.63) is 63.6 Å². The summed E-state index contributed by atoms with van der Waals surface area (Å²) in [6.07, 6.45) is 1.04. The lowest BCUT2D eigenvalue weighted by atomic mass is 10.1. The van der Waals surface area contributed by atoms with Gasteiger partial charge in [-0.2, -0.15) is 0 Å². The summed E-state index contributed by atoms with van der Waals surface area (Å²) < 4.78 is 26.3. The molecular weight excluding hydrogens is 497 g/mol. The largest absolute Gasteiger partial charge is 0.354 e. The predicted octanol–water partition coefficient (Wildman–Crippen LogP) is 4.26. The van der Waals surface area contributed by atoms with Crippen LogP contribution in [0.2, 0.25) is 10.0 Å². The van der Waals surface area contributed by atoms with Gasteiger partial charge in [0.05, 0.1) is 11.9 Å². The molecule has 0 aliphatic rings. The maximum absolute atomic E-state index is 13.5. The number of nitrogens with zero attached hydrogens (tertiary/aromatic N) is 2. The van der Waals surface area contributed by atoms with Crippen molar-refractivity contribution in [3.63, 3.8) is 0 Å². The number of amides is 2. The Kier molecular flexibility index (Phi) is 9.79. The quantitative estimate of drug-likeness (QED) is 0.500. The topological polar surface area (TPSA) is 86.8 Å². The molecule has 0 aliphatic carbocycles. The molecule has 0 bridgehead atoms. The Morgan fingerprint density at radius 2 is 1.68 bits per heavy atom. The average molecular weight is 529 g/mol. The Bertz CT molecular complexity index is 1140. The molecule has 0 heterocycles. The van der Waals surface area contributed by atoms with Crippen LogP contribution in [0.1, 0.15) is 31.9 Å². The summed E-state index contributed by atoms with van der Waals surface area (Å²) in [5, 5.41) is 3.79. The van der Waals surface area contributed by atoms with Crippen LogP contribution in [0.25, 0.3) is 0 Å². The van der Waals surface area contributed by atoms with Crippen LogP contribution in [0.3, 0.4) is 0 Å². The number of carbonyl (C=O) groups excluding carboxylic acids is 2. The van der Waals surface area contributed by atoms with E-state index in [-0.39, 0.29) is 18.4 Å². The minimum absolute atomic E-state index is 0.0901. The van der Waals surface area contributed by atoms with Gasteiger partial charge in [0.2, 0.25) is 21.8 Å². The van der Waals surface area contributed by atoms with Crippen molar-refractivity contribution in [1.82, 2.24) is 10.2 Å². The van der Waals surface area contributed by atoms with Crippen molar-refractivity contribution in [2.24, 2.45) is 5.92 Å². The van der Waals surface area contributed by atoms with Gasteiger partial charge in [0, 0.05) is 23.1 Å². The normalized spacial score (nSPS) is 12.4. The van der Waals surface area contributed by atoms with Crippen LogP contribution in [0.15, 0.2) is 42.5 Å². The molecule has 1 atom stereocenters. The van der Waals surface area contributed by atoms with E-state index in [0.29, 0.717) is 27.8 Å². The summed E-state index contributed by atoms with van der Waals surface area (Å²) in [5.74, 6) is -0.605. The number of hydrogen-bond donors (Lipinski definition) is 1. The first kappa shape index (κ1) is 28.0. The van der Waals surface area contributed by atoms with Crippen LogP contribution >= 0.6 is 23.2 Å². The fourth-order valence-corrected chi connectivity index (χ4v) is 4.71. The van der Waals surface area contributed by atoms with Gasteiger partial charge in [0.15, 0.2) is 0 Å². The van der Waals surface area contributed by atoms with Gasteiger partial charge < -0.3 is 10.2 Å². The first-order chi connectivity index (χ1) is 15.8. The number of benzene rings is 2. The summed E-state index contributed by atoms with van der Waals surface area (Å²) in [5.41, 5.74) is 1.67. The zero-order valence-corrected chi connectivity index (χ0v) is 22.3. The number of nitrogens with one attached hydrogen (secondary N) is 1.